The van der Waals surface area contributed by atoms with Gasteiger partial charge in [0.05, 0.1) is 6.26 Å². The Morgan fingerprint density at radius 1 is 1.55 bits per heavy atom. The molecule has 0 amide bonds. The maximum Gasteiger partial charge on any atom is 0.209 e. The zero-order valence-electron chi connectivity index (χ0n) is 6.87. The molecule has 0 bridgehead atoms. The van der Waals surface area contributed by atoms with Crippen molar-refractivity contribution in [2.24, 2.45) is 0 Å². The molecule has 1 saturated heterocycles. The van der Waals surface area contributed by atoms with Gasteiger partial charge in [0.25, 0.3) is 0 Å². The van der Waals surface area contributed by atoms with Crippen LogP contribution in [0.25, 0.3) is 0 Å². The second-order valence-electron chi connectivity index (χ2n) is 2.94. The number of nitrogens with one attached hydrogen (secondary N) is 1. The molecule has 66 valence electrons. The Morgan fingerprint density at radius 3 is 2.45 bits per heavy atom. The van der Waals surface area contributed by atoms with Crippen LogP contribution in [-0.4, -0.2) is 45.2 Å². The molecule has 5 heteroatoms. The third kappa shape index (κ3) is 2.76. The van der Waals surface area contributed by atoms with E-state index in [4.69, 9.17) is 0 Å². The summed E-state index contributed by atoms with van der Waals surface area (Å²) in [4.78, 5) is 2.18. The number of hydrogen-bond acceptors (Lipinski definition) is 3. The fraction of sp³-hybridized carbons (Fsp3) is 1.00. The van der Waals surface area contributed by atoms with Crippen LogP contribution in [0.3, 0.4) is 0 Å². The molecule has 0 aromatic rings. The minimum Gasteiger partial charge on any atom is -0.300 e. The van der Waals surface area contributed by atoms with Crippen molar-refractivity contribution in [3.8, 4) is 0 Å². The van der Waals surface area contributed by atoms with Crippen molar-refractivity contribution in [2.45, 2.75) is 13.0 Å². The first-order valence-electron chi connectivity index (χ1n) is 3.71. The Morgan fingerprint density at radius 2 is 2.09 bits per heavy atom. The topological polar surface area (TPSA) is 49.4 Å². The number of likely N-dealkylation sites (N-methyl/N-ethyl adjacent to an activating group) is 1. The SMILES string of the molecule is CCN1CC(NS(C)(=O)=O)C1. The molecule has 0 aliphatic carbocycles. The lowest BCUT2D eigenvalue weighted by molar-refractivity contribution is 0.149. The molecule has 1 rings (SSSR count). The number of nitrogens with zero attached hydrogens (tertiary/aromatic N) is 1. The minimum absolute atomic E-state index is 0.143. The maximum atomic E-state index is 10.7. The Labute approximate surface area is 67.6 Å². The van der Waals surface area contributed by atoms with Gasteiger partial charge in [0, 0.05) is 19.1 Å². The van der Waals surface area contributed by atoms with Crippen molar-refractivity contribution in [1.29, 1.82) is 0 Å². The summed E-state index contributed by atoms with van der Waals surface area (Å²) in [5.74, 6) is 0. The third-order valence-electron chi connectivity index (χ3n) is 1.79. The molecule has 11 heavy (non-hydrogen) atoms. The van der Waals surface area contributed by atoms with Gasteiger partial charge in [-0.3, -0.25) is 0 Å². The highest BCUT2D eigenvalue weighted by atomic mass is 32.2. The van der Waals surface area contributed by atoms with Crippen molar-refractivity contribution in [2.75, 3.05) is 25.9 Å². The standard InChI is InChI=1S/C6H14N2O2S/c1-3-8-4-6(5-8)7-11(2,9)10/h6-7H,3-5H2,1-2H3. The second kappa shape index (κ2) is 3.08. The first-order chi connectivity index (χ1) is 5.01. The molecule has 1 N–H and O–H groups in total. The summed E-state index contributed by atoms with van der Waals surface area (Å²) in [6.07, 6.45) is 1.20. The van der Waals surface area contributed by atoms with Crippen molar-refractivity contribution < 1.29 is 8.42 Å². The largest absolute Gasteiger partial charge is 0.300 e. The lowest BCUT2D eigenvalue weighted by Crippen LogP contribution is -2.58. The van der Waals surface area contributed by atoms with Gasteiger partial charge in [-0.1, -0.05) is 6.92 Å². The second-order valence-corrected chi connectivity index (χ2v) is 4.72. The molecule has 0 atom stereocenters. The van der Waals surface area contributed by atoms with Crippen LogP contribution < -0.4 is 4.72 Å². The zero-order chi connectivity index (χ0) is 8.48. The van der Waals surface area contributed by atoms with Crippen LogP contribution in [0, 0.1) is 0 Å². The smallest absolute Gasteiger partial charge is 0.209 e. The van der Waals surface area contributed by atoms with Gasteiger partial charge in [-0.15, -0.1) is 0 Å². The molecule has 1 aliphatic rings. The average molecular weight is 178 g/mol. The predicted octanol–water partition coefficient (Wildman–Crippen LogP) is -0.760. The van der Waals surface area contributed by atoms with Crippen LogP contribution in [0.5, 0.6) is 0 Å². The van der Waals surface area contributed by atoms with Gasteiger partial charge in [0.1, 0.15) is 0 Å². The molecular formula is C6H14N2O2S. The van der Waals surface area contributed by atoms with E-state index >= 15 is 0 Å². The fourth-order valence-electron chi connectivity index (χ4n) is 1.21. The van der Waals surface area contributed by atoms with E-state index in [-0.39, 0.29) is 6.04 Å². The first-order valence-corrected chi connectivity index (χ1v) is 5.60. The lowest BCUT2D eigenvalue weighted by atomic mass is 10.1. The molecule has 0 aromatic heterocycles. The third-order valence-corrected chi connectivity index (χ3v) is 2.55. The van der Waals surface area contributed by atoms with E-state index in [0.717, 1.165) is 19.6 Å². The minimum atomic E-state index is -2.99. The van der Waals surface area contributed by atoms with E-state index in [1.54, 1.807) is 0 Å². The Hall–Kier alpha value is -0.130. The summed E-state index contributed by atoms with van der Waals surface area (Å²) in [5.41, 5.74) is 0. The van der Waals surface area contributed by atoms with Crippen LogP contribution in [0.15, 0.2) is 0 Å². The molecular weight excluding hydrogens is 164 g/mol. The van der Waals surface area contributed by atoms with E-state index in [1.807, 2.05) is 0 Å². The van der Waals surface area contributed by atoms with E-state index in [9.17, 15) is 8.42 Å². The highest BCUT2D eigenvalue weighted by molar-refractivity contribution is 7.88. The molecule has 0 saturated carbocycles. The van der Waals surface area contributed by atoms with Gasteiger partial charge in [-0.05, 0) is 6.54 Å². The van der Waals surface area contributed by atoms with E-state index in [1.165, 1.54) is 6.26 Å². The summed E-state index contributed by atoms with van der Waals surface area (Å²) in [6.45, 7) is 4.77. The van der Waals surface area contributed by atoms with Crippen molar-refractivity contribution >= 4 is 10.0 Å². The number of likely N-dealkylation sites (tertiary alicyclic amines) is 1. The normalized spacial score (nSPS) is 21.6. The predicted molar refractivity (Wildman–Crippen MR) is 43.9 cm³/mol. The van der Waals surface area contributed by atoms with Crippen LogP contribution >= 0.6 is 0 Å². The highest BCUT2D eigenvalue weighted by Gasteiger charge is 2.26. The maximum absolute atomic E-state index is 10.7. The van der Waals surface area contributed by atoms with E-state index in [2.05, 4.69) is 16.5 Å². The summed E-state index contributed by atoms with van der Waals surface area (Å²) >= 11 is 0. The molecule has 0 aromatic carbocycles. The van der Waals surface area contributed by atoms with E-state index in [0.29, 0.717) is 0 Å². The van der Waals surface area contributed by atoms with Gasteiger partial charge in [-0.2, -0.15) is 0 Å². The Kier molecular flexibility index (Phi) is 2.51. The summed E-state index contributed by atoms with van der Waals surface area (Å²) < 4.78 is 24.0. The van der Waals surface area contributed by atoms with Crippen molar-refractivity contribution in [3.05, 3.63) is 0 Å². The van der Waals surface area contributed by atoms with Crippen LogP contribution in [0.2, 0.25) is 0 Å². The van der Waals surface area contributed by atoms with Crippen LogP contribution in [-0.2, 0) is 10.0 Å². The summed E-state index contributed by atoms with van der Waals surface area (Å²) in [6, 6.07) is 0.143. The summed E-state index contributed by atoms with van der Waals surface area (Å²) in [7, 11) is -2.99. The van der Waals surface area contributed by atoms with Gasteiger partial charge in [-0.25, -0.2) is 13.1 Å². The number of sulfonamides is 1. The highest BCUT2D eigenvalue weighted by Crippen LogP contribution is 2.06. The van der Waals surface area contributed by atoms with Crippen molar-refractivity contribution in [3.63, 3.8) is 0 Å². The Balaban J connectivity index is 2.24. The number of hydrogen-bond donors (Lipinski definition) is 1. The van der Waals surface area contributed by atoms with Crippen LogP contribution in [0.4, 0.5) is 0 Å². The van der Waals surface area contributed by atoms with Gasteiger partial charge < -0.3 is 4.90 Å². The quantitative estimate of drug-likeness (QED) is 0.618. The van der Waals surface area contributed by atoms with Crippen molar-refractivity contribution in [1.82, 2.24) is 9.62 Å². The summed E-state index contributed by atoms with van der Waals surface area (Å²) in [5, 5.41) is 0. The zero-order valence-corrected chi connectivity index (χ0v) is 7.69. The molecule has 0 radical (unpaired) electrons. The Bertz CT molecular complexity index is 219. The monoisotopic (exact) mass is 178 g/mol. The van der Waals surface area contributed by atoms with Gasteiger partial charge >= 0.3 is 0 Å². The molecule has 0 unspecified atom stereocenters. The fourth-order valence-corrected chi connectivity index (χ4v) is 1.96. The first kappa shape index (κ1) is 8.96. The van der Waals surface area contributed by atoms with Gasteiger partial charge in [0.15, 0.2) is 0 Å². The number of rotatable bonds is 3. The molecule has 1 aliphatic heterocycles. The average Bonchev–Trinajstić information content (AvgIpc) is 1.75. The molecule has 1 fully saturated rings. The molecule has 1 heterocycles. The van der Waals surface area contributed by atoms with E-state index < -0.39 is 10.0 Å². The van der Waals surface area contributed by atoms with Gasteiger partial charge in [0.2, 0.25) is 10.0 Å². The molecule has 4 nitrogen and oxygen atoms in total. The van der Waals surface area contributed by atoms with Crippen LogP contribution in [0.1, 0.15) is 6.92 Å². The lowest BCUT2D eigenvalue weighted by Gasteiger charge is -2.38. The molecule has 0 spiro atoms.